The van der Waals surface area contributed by atoms with Gasteiger partial charge in [-0.25, -0.2) is 0 Å². The van der Waals surface area contributed by atoms with E-state index in [-0.39, 0.29) is 24.7 Å². The van der Waals surface area contributed by atoms with Crippen molar-refractivity contribution >= 4 is 29.8 Å². The molecule has 0 radical (unpaired) electrons. The van der Waals surface area contributed by atoms with Crippen LogP contribution in [0.1, 0.15) is 58.9 Å². The minimum Gasteiger partial charge on any atom is -0.384 e. The van der Waals surface area contributed by atoms with Gasteiger partial charge in [-0.15, -0.1) is 0 Å². The molecule has 1 atom stereocenters. The molecule has 4 amide bonds. The van der Waals surface area contributed by atoms with Crippen molar-refractivity contribution in [1.29, 1.82) is 0 Å². The van der Waals surface area contributed by atoms with Crippen LogP contribution in [0.5, 0.6) is 0 Å². The second kappa shape index (κ2) is 10.0. The molecule has 9 heteroatoms. The highest BCUT2D eigenvalue weighted by atomic mass is 16.2. The molecule has 0 saturated carbocycles. The molecular formula is C22H27N5O4. The summed E-state index contributed by atoms with van der Waals surface area (Å²) in [6.45, 7) is 5.21. The number of anilines is 1. The maximum absolute atomic E-state index is 13.0. The summed E-state index contributed by atoms with van der Waals surface area (Å²) in [5.41, 5.74) is 2.51. The van der Waals surface area contributed by atoms with Gasteiger partial charge in [0.25, 0.3) is 11.8 Å². The first kappa shape index (κ1) is 22.2. The van der Waals surface area contributed by atoms with Crippen molar-refractivity contribution in [2.75, 3.05) is 11.9 Å². The molecule has 164 valence electrons. The second-order valence-corrected chi connectivity index (χ2v) is 7.70. The van der Waals surface area contributed by atoms with Crippen LogP contribution in [0.15, 0.2) is 30.6 Å². The molecule has 1 unspecified atom stereocenters. The van der Waals surface area contributed by atoms with Gasteiger partial charge >= 0.3 is 0 Å². The van der Waals surface area contributed by atoms with Crippen LogP contribution in [-0.2, 0) is 16.1 Å². The molecule has 0 fully saturated rings. The number of benzene rings is 1. The Kier molecular flexibility index (Phi) is 7.17. The summed E-state index contributed by atoms with van der Waals surface area (Å²) in [6.07, 6.45) is 6.30. The molecule has 2 heterocycles. The predicted octanol–water partition coefficient (Wildman–Crippen LogP) is 2.12. The molecule has 2 N–H and O–H groups in total. The molecular weight excluding hydrogens is 398 g/mol. The Morgan fingerprint density at radius 3 is 2.74 bits per heavy atom. The van der Waals surface area contributed by atoms with E-state index in [2.05, 4.69) is 15.7 Å². The summed E-state index contributed by atoms with van der Waals surface area (Å²) in [7, 11) is 0. The molecule has 1 aliphatic rings. The van der Waals surface area contributed by atoms with E-state index in [1.54, 1.807) is 25.1 Å². The number of carbonyl (C=O) groups is 4. The molecule has 3 rings (SSSR count). The number of rotatable bonds is 11. The minimum atomic E-state index is -0.463. The van der Waals surface area contributed by atoms with Crippen LogP contribution >= 0.6 is 0 Å². The molecule has 31 heavy (non-hydrogen) atoms. The summed E-state index contributed by atoms with van der Waals surface area (Å²) in [4.78, 5) is 48.9. The van der Waals surface area contributed by atoms with Crippen LogP contribution in [0.3, 0.4) is 0 Å². The molecule has 1 aromatic carbocycles. The highest BCUT2D eigenvalue weighted by Crippen LogP contribution is 2.31. The van der Waals surface area contributed by atoms with Gasteiger partial charge < -0.3 is 5.32 Å². The zero-order valence-corrected chi connectivity index (χ0v) is 17.8. The molecule has 0 spiro atoms. The Morgan fingerprint density at radius 2 is 2.03 bits per heavy atom. The Labute approximate surface area is 180 Å². The fourth-order valence-electron chi connectivity index (χ4n) is 3.67. The fourth-order valence-corrected chi connectivity index (χ4v) is 3.67. The fraction of sp³-hybridized carbons (Fsp3) is 0.409. The van der Waals surface area contributed by atoms with E-state index >= 15 is 0 Å². The lowest BCUT2D eigenvalue weighted by Crippen LogP contribution is -2.38. The maximum atomic E-state index is 13.0. The van der Waals surface area contributed by atoms with Crippen molar-refractivity contribution < 1.29 is 19.2 Å². The average molecular weight is 425 g/mol. The molecule has 0 saturated heterocycles. The standard InChI is InChI=1S/C22H27N5O4/c1-15-12-25-26(13-15)11-4-3-10-23-18-7-5-6-17-20(18)22(31)27(21(17)30)16(2)8-9-19(29)24-14-28/h5-7,12-14,16,23H,3-4,8-11H2,1-2H3,(H,24,28,29). The largest absolute Gasteiger partial charge is 0.384 e. The van der Waals surface area contributed by atoms with Gasteiger partial charge in [0.1, 0.15) is 0 Å². The first-order chi connectivity index (χ1) is 14.9. The zero-order chi connectivity index (χ0) is 22.4. The Balaban J connectivity index is 1.58. The predicted molar refractivity (Wildman–Crippen MR) is 115 cm³/mol. The number of hydrogen-bond donors (Lipinski definition) is 2. The van der Waals surface area contributed by atoms with E-state index < -0.39 is 11.9 Å². The van der Waals surface area contributed by atoms with Crippen LogP contribution in [0, 0.1) is 6.92 Å². The van der Waals surface area contributed by atoms with E-state index in [4.69, 9.17) is 0 Å². The molecule has 0 aliphatic carbocycles. The summed E-state index contributed by atoms with van der Waals surface area (Å²) in [6, 6.07) is 4.74. The van der Waals surface area contributed by atoms with Crippen molar-refractivity contribution in [3.63, 3.8) is 0 Å². The molecule has 0 bridgehead atoms. The van der Waals surface area contributed by atoms with Gasteiger partial charge in [0.15, 0.2) is 0 Å². The Morgan fingerprint density at radius 1 is 1.23 bits per heavy atom. The molecule has 1 aliphatic heterocycles. The lowest BCUT2D eigenvalue weighted by Gasteiger charge is -2.22. The van der Waals surface area contributed by atoms with E-state index in [0.29, 0.717) is 29.8 Å². The van der Waals surface area contributed by atoms with Crippen molar-refractivity contribution in [2.24, 2.45) is 0 Å². The third-order valence-corrected chi connectivity index (χ3v) is 5.29. The number of aromatic nitrogens is 2. The molecule has 2 aromatic rings. The van der Waals surface area contributed by atoms with Crippen LogP contribution in [0.4, 0.5) is 5.69 Å². The summed E-state index contributed by atoms with van der Waals surface area (Å²) in [5.74, 6) is -1.16. The van der Waals surface area contributed by atoms with E-state index in [9.17, 15) is 19.2 Å². The average Bonchev–Trinajstić information content (AvgIpc) is 3.27. The zero-order valence-electron chi connectivity index (χ0n) is 17.8. The number of amides is 4. The van der Waals surface area contributed by atoms with E-state index in [0.717, 1.165) is 24.9 Å². The topological polar surface area (TPSA) is 113 Å². The van der Waals surface area contributed by atoms with Crippen molar-refractivity contribution in [3.05, 3.63) is 47.3 Å². The van der Waals surface area contributed by atoms with Gasteiger partial charge in [0, 0.05) is 37.4 Å². The minimum absolute atomic E-state index is 0.0498. The smallest absolute Gasteiger partial charge is 0.263 e. The van der Waals surface area contributed by atoms with Crippen LogP contribution in [-0.4, -0.2) is 51.4 Å². The highest BCUT2D eigenvalue weighted by Gasteiger charge is 2.40. The lowest BCUT2D eigenvalue weighted by atomic mass is 10.1. The first-order valence-corrected chi connectivity index (χ1v) is 10.4. The van der Waals surface area contributed by atoms with Crippen molar-refractivity contribution in [3.8, 4) is 0 Å². The monoisotopic (exact) mass is 425 g/mol. The van der Waals surface area contributed by atoms with Gasteiger partial charge in [-0.3, -0.25) is 34.1 Å². The Hall–Kier alpha value is -3.49. The number of imide groups is 2. The van der Waals surface area contributed by atoms with Crippen LogP contribution < -0.4 is 10.6 Å². The van der Waals surface area contributed by atoms with Crippen LogP contribution in [0.25, 0.3) is 0 Å². The first-order valence-electron chi connectivity index (χ1n) is 10.4. The SMILES string of the molecule is Cc1cnn(CCCCNc2cccc3c2C(=O)N(C(C)CCC(=O)NC=O)C3=O)c1. The van der Waals surface area contributed by atoms with Gasteiger partial charge in [-0.2, -0.15) is 5.10 Å². The van der Waals surface area contributed by atoms with Gasteiger partial charge in [0.2, 0.25) is 12.3 Å². The number of unbranched alkanes of at least 4 members (excludes halogenated alkanes) is 1. The van der Waals surface area contributed by atoms with Crippen molar-refractivity contribution in [2.45, 2.75) is 52.1 Å². The van der Waals surface area contributed by atoms with Gasteiger partial charge in [-0.1, -0.05) is 6.07 Å². The number of hydrogen-bond acceptors (Lipinski definition) is 6. The third kappa shape index (κ3) is 5.17. The highest BCUT2D eigenvalue weighted by molar-refractivity contribution is 6.24. The Bertz CT molecular complexity index is 984. The number of aryl methyl sites for hydroxylation is 2. The second-order valence-electron chi connectivity index (χ2n) is 7.70. The number of nitrogens with zero attached hydrogens (tertiary/aromatic N) is 3. The number of carbonyl (C=O) groups excluding carboxylic acids is 4. The lowest BCUT2D eigenvalue weighted by molar-refractivity contribution is -0.125. The van der Waals surface area contributed by atoms with E-state index in [1.165, 1.54) is 4.90 Å². The van der Waals surface area contributed by atoms with Crippen molar-refractivity contribution in [1.82, 2.24) is 20.0 Å². The van der Waals surface area contributed by atoms with Crippen LogP contribution in [0.2, 0.25) is 0 Å². The quantitative estimate of drug-likeness (QED) is 0.324. The van der Waals surface area contributed by atoms with Gasteiger partial charge in [0.05, 0.1) is 17.3 Å². The third-order valence-electron chi connectivity index (χ3n) is 5.29. The number of fused-ring (bicyclic) bond motifs is 1. The summed E-state index contributed by atoms with van der Waals surface area (Å²) in [5, 5.41) is 9.61. The van der Waals surface area contributed by atoms with E-state index in [1.807, 2.05) is 24.0 Å². The van der Waals surface area contributed by atoms with Gasteiger partial charge in [-0.05, 0) is 50.8 Å². The molecule has 1 aromatic heterocycles. The number of nitrogens with one attached hydrogen (secondary N) is 2. The normalized spacial score (nSPS) is 13.8. The summed E-state index contributed by atoms with van der Waals surface area (Å²) < 4.78 is 1.91. The maximum Gasteiger partial charge on any atom is 0.263 e. The summed E-state index contributed by atoms with van der Waals surface area (Å²) >= 11 is 0. The molecule has 9 nitrogen and oxygen atoms in total.